The molecule has 1 N–H and O–H groups in total. The highest BCUT2D eigenvalue weighted by Gasteiger charge is 2.55. The summed E-state index contributed by atoms with van der Waals surface area (Å²) in [4.78, 5) is 22.4. The van der Waals surface area contributed by atoms with E-state index in [-0.39, 0.29) is 11.9 Å². The molecule has 4 atom stereocenters. The van der Waals surface area contributed by atoms with Gasteiger partial charge in [-0.1, -0.05) is 6.92 Å². The molecular formula is C10H14O4. The second-order valence-electron chi connectivity index (χ2n) is 4.73. The van der Waals surface area contributed by atoms with Gasteiger partial charge in [-0.05, 0) is 19.3 Å². The van der Waals surface area contributed by atoms with Gasteiger partial charge in [0, 0.05) is 6.42 Å². The Morgan fingerprint density at radius 2 is 2.21 bits per heavy atom. The smallest absolute Gasteiger partial charge is 0.310 e. The molecule has 1 saturated carbocycles. The van der Waals surface area contributed by atoms with Gasteiger partial charge in [0.2, 0.25) is 0 Å². The van der Waals surface area contributed by atoms with Gasteiger partial charge in [-0.25, -0.2) is 0 Å². The summed E-state index contributed by atoms with van der Waals surface area (Å²) in [5, 5.41) is 9.02. The van der Waals surface area contributed by atoms with Crippen LogP contribution >= 0.6 is 0 Å². The summed E-state index contributed by atoms with van der Waals surface area (Å²) in [6.07, 6.45) is 1.22. The van der Waals surface area contributed by atoms with Crippen molar-refractivity contribution in [3.8, 4) is 0 Å². The standard InChI is InChI=1S/C10H14O4/c1-5-3-10(2)4-6(9(13)14-10)7(5)8(11)12/h5-7H,3-4H2,1-2H3,(H,11,12)/t5-,6+,7-,10-/m1/s1. The van der Waals surface area contributed by atoms with E-state index in [0.717, 1.165) is 0 Å². The fraction of sp³-hybridized carbons (Fsp3) is 0.800. The minimum absolute atomic E-state index is 0.0164. The molecule has 4 heteroatoms. The van der Waals surface area contributed by atoms with Crippen molar-refractivity contribution in [1.29, 1.82) is 0 Å². The Labute approximate surface area is 82.2 Å². The topological polar surface area (TPSA) is 63.6 Å². The molecule has 0 aromatic heterocycles. The monoisotopic (exact) mass is 198 g/mol. The number of aliphatic carboxylic acids is 1. The Morgan fingerprint density at radius 3 is 2.79 bits per heavy atom. The third-order valence-corrected chi connectivity index (χ3v) is 3.39. The normalized spacial score (nSPS) is 46.1. The minimum atomic E-state index is -0.872. The lowest BCUT2D eigenvalue weighted by Gasteiger charge is -2.33. The zero-order chi connectivity index (χ0) is 10.5. The summed E-state index contributed by atoms with van der Waals surface area (Å²) in [5.41, 5.74) is -0.410. The van der Waals surface area contributed by atoms with Gasteiger partial charge in [-0.2, -0.15) is 0 Å². The third kappa shape index (κ3) is 1.21. The van der Waals surface area contributed by atoms with Crippen LogP contribution in [-0.2, 0) is 14.3 Å². The molecule has 78 valence electrons. The van der Waals surface area contributed by atoms with Gasteiger partial charge in [0.1, 0.15) is 5.60 Å². The zero-order valence-corrected chi connectivity index (χ0v) is 8.32. The summed E-state index contributed by atoms with van der Waals surface area (Å²) in [6.45, 7) is 3.77. The van der Waals surface area contributed by atoms with Gasteiger partial charge in [0.05, 0.1) is 11.8 Å². The van der Waals surface area contributed by atoms with Crippen molar-refractivity contribution in [2.45, 2.75) is 32.3 Å². The summed E-state index contributed by atoms with van der Waals surface area (Å²) >= 11 is 0. The number of carbonyl (C=O) groups is 2. The number of hydrogen-bond acceptors (Lipinski definition) is 3. The Kier molecular flexibility index (Phi) is 1.84. The Morgan fingerprint density at radius 1 is 1.57 bits per heavy atom. The van der Waals surface area contributed by atoms with Gasteiger partial charge in [-0.15, -0.1) is 0 Å². The largest absolute Gasteiger partial charge is 0.481 e. The summed E-state index contributed by atoms with van der Waals surface area (Å²) in [7, 11) is 0. The average molecular weight is 198 g/mol. The molecule has 2 fully saturated rings. The third-order valence-electron chi connectivity index (χ3n) is 3.39. The van der Waals surface area contributed by atoms with E-state index in [1.54, 1.807) is 0 Å². The Bertz CT molecular complexity index is 298. The molecule has 14 heavy (non-hydrogen) atoms. The maximum absolute atomic E-state index is 11.4. The number of carboxylic acid groups (broad SMARTS) is 1. The van der Waals surface area contributed by atoms with E-state index >= 15 is 0 Å². The lowest BCUT2D eigenvalue weighted by Crippen LogP contribution is -2.39. The van der Waals surface area contributed by atoms with Crippen LogP contribution in [-0.4, -0.2) is 22.6 Å². The van der Waals surface area contributed by atoms with E-state index in [2.05, 4.69) is 0 Å². The first-order valence-corrected chi connectivity index (χ1v) is 4.89. The van der Waals surface area contributed by atoms with Gasteiger partial charge in [0.25, 0.3) is 0 Å². The van der Waals surface area contributed by atoms with E-state index in [4.69, 9.17) is 9.84 Å². The SMILES string of the molecule is C[C@@H]1C[C@]2(C)C[C@H](C(=O)O2)[C@@H]1C(=O)O. The Balaban J connectivity index is 2.31. The molecule has 1 aliphatic carbocycles. The number of fused-ring (bicyclic) bond motifs is 2. The molecule has 0 aromatic carbocycles. The zero-order valence-electron chi connectivity index (χ0n) is 8.32. The molecule has 1 aliphatic heterocycles. The van der Waals surface area contributed by atoms with Crippen LogP contribution in [0.1, 0.15) is 26.7 Å². The number of esters is 1. The van der Waals surface area contributed by atoms with Crippen LogP contribution < -0.4 is 0 Å². The quantitative estimate of drug-likeness (QED) is 0.639. The molecule has 1 heterocycles. The van der Waals surface area contributed by atoms with Crippen molar-refractivity contribution in [3.63, 3.8) is 0 Å². The molecule has 2 aliphatic rings. The highest BCUT2D eigenvalue weighted by Crippen LogP contribution is 2.48. The molecular weight excluding hydrogens is 184 g/mol. The van der Waals surface area contributed by atoms with Gasteiger partial charge in [-0.3, -0.25) is 9.59 Å². The summed E-state index contributed by atoms with van der Waals surface area (Å²) < 4.78 is 5.22. The van der Waals surface area contributed by atoms with Crippen molar-refractivity contribution in [3.05, 3.63) is 0 Å². The van der Waals surface area contributed by atoms with E-state index in [1.165, 1.54) is 0 Å². The second kappa shape index (κ2) is 2.72. The first-order chi connectivity index (χ1) is 6.43. The van der Waals surface area contributed by atoms with Crippen molar-refractivity contribution in [1.82, 2.24) is 0 Å². The number of rotatable bonds is 1. The van der Waals surface area contributed by atoms with Gasteiger partial charge < -0.3 is 9.84 Å². The summed E-state index contributed by atoms with van der Waals surface area (Å²) in [5.74, 6) is -2.17. The molecule has 1 saturated heterocycles. The van der Waals surface area contributed by atoms with Crippen LogP contribution in [0.5, 0.6) is 0 Å². The predicted octanol–water partition coefficient (Wildman–Crippen LogP) is 1.05. The highest BCUT2D eigenvalue weighted by atomic mass is 16.6. The number of hydrogen-bond donors (Lipinski definition) is 1. The molecule has 4 nitrogen and oxygen atoms in total. The molecule has 0 amide bonds. The van der Waals surface area contributed by atoms with Crippen LogP contribution in [0.15, 0.2) is 0 Å². The first kappa shape index (κ1) is 9.49. The van der Waals surface area contributed by atoms with Crippen molar-refractivity contribution < 1.29 is 19.4 Å². The summed E-state index contributed by atoms with van der Waals surface area (Å²) in [6, 6.07) is 0. The maximum atomic E-state index is 11.4. The highest BCUT2D eigenvalue weighted by molar-refractivity contribution is 5.83. The van der Waals surface area contributed by atoms with Crippen LogP contribution in [0.3, 0.4) is 0 Å². The molecule has 0 unspecified atom stereocenters. The van der Waals surface area contributed by atoms with E-state index in [1.807, 2.05) is 13.8 Å². The Hall–Kier alpha value is -1.06. The average Bonchev–Trinajstić information content (AvgIpc) is 2.21. The molecule has 0 aromatic rings. The first-order valence-electron chi connectivity index (χ1n) is 4.89. The minimum Gasteiger partial charge on any atom is -0.481 e. The lowest BCUT2D eigenvalue weighted by atomic mass is 9.69. The molecule has 0 radical (unpaired) electrons. The number of carboxylic acids is 1. The van der Waals surface area contributed by atoms with Gasteiger partial charge in [0.15, 0.2) is 0 Å². The number of ether oxygens (including phenoxy) is 1. The van der Waals surface area contributed by atoms with E-state index in [0.29, 0.717) is 12.8 Å². The number of carbonyl (C=O) groups excluding carboxylic acids is 1. The van der Waals surface area contributed by atoms with Gasteiger partial charge >= 0.3 is 11.9 Å². The van der Waals surface area contributed by atoms with Crippen molar-refractivity contribution in [2.24, 2.45) is 17.8 Å². The molecule has 0 spiro atoms. The lowest BCUT2D eigenvalue weighted by molar-refractivity contribution is -0.152. The fourth-order valence-electron chi connectivity index (χ4n) is 2.93. The molecule has 2 rings (SSSR count). The second-order valence-corrected chi connectivity index (χ2v) is 4.73. The van der Waals surface area contributed by atoms with Crippen LogP contribution in [0.2, 0.25) is 0 Å². The molecule has 2 bridgehead atoms. The van der Waals surface area contributed by atoms with Crippen molar-refractivity contribution >= 4 is 11.9 Å². The van der Waals surface area contributed by atoms with Crippen LogP contribution in [0.4, 0.5) is 0 Å². The van der Waals surface area contributed by atoms with E-state index < -0.39 is 23.4 Å². The van der Waals surface area contributed by atoms with Crippen molar-refractivity contribution in [2.75, 3.05) is 0 Å². The predicted molar refractivity (Wildman–Crippen MR) is 47.5 cm³/mol. The van der Waals surface area contributed by atoms with Crippen LogP contribution in [0, 0.1) is 17.8 Å². The maximum Gasteiger partial charge on any atom is 0.310 e. The van der Waals surface area contributed by atoms with Crippen LogP contribution in [0.25, 0.3) is 0 Å². The fourth-order valence-corrected chi connectivity index (χ4v) is 2.93. The van der Waals surface area contributed by atoms with E-state index in [9.17, 15) is 9.59 Å².